The van der Waals surface area contributed by atoms with E-state index in [-0.39, 0.29) is 17.9 Å². The lowest BCUT2D eigenvalue weighted by molar-refractivity contribution is -0.173. The van der Waals surface area contributed by atoms with Crippen LogP contribution in [0.1, 0.15) is 33.9 Å². The number of amides is 1. The molecule has 0 aliphatic carbocycles. The van der Waals surface area contributed by atoms with Gasteiger partial charge in [0.05, 0.1) is 6.04 Å². The molecule has 1 amide bonds. The molecule has 0 radical (unpaired) electrons. The minimum atomic E-state index is -4.45. The fraction of sp³-hybridized carbons (Fsp3) is 0.333. The van der Waals surface area contributed by atoms with Gasteiger partial charge in [-0.1, -0.05) is 6.07 Å². The summed E-state index contributed by atoms with van der Waals surface area (Å²) in [5, 5.41) is 8.46. The highest BCUT2D eigenvalue weighted by Crippen LogP contribution is 2.44. The highest BCUT2D eigenvalue weighted by Gasteiger charge is 2.46. The predicted octanol–water partition coefficient (Wildman–Crippen LogP) is 2.70. The van der Waals surface area contributed by atoms with Crippen LogP contribution in [0.15, 0.2) is 23.6 Å². The van der Waals surface area contributed by atoms with Crippen LogP contribution in [0.5, 0.6) is 0 Å². The number of carbonyl (C=O) groups excluding carboxylic acids is 1. The van der Waals surface area contributed by atoms with E-state index in [0.29, 0.717) is 0 Å². The van der Waals surface area contributed by atoms with Crippen LogP contribution in [0.2, 0.25) is 0 Å². The molecule has 112 valence electrons. The van der Waals surface area contributed by atoms with Crippen molar-refractivity contribution in [2.24, 2.45) is 5.73 Å². The number of thiophene rings is 1. The minimum absolute atomic E-state index is 0.149. The molecule has 2 unspecified atom stereocenters. The maximum Gasteiger partial charge on any atom is 0.410 e. The Hall–Kier alpha value is -2.03. The number of hydrogen-bond donors (Lipinski definition) is 2. The summed E-state index contributed by atoms with van der Waals surface area (Å²) in [5.74, 6) is -0.705. The quantitative estimate of drug-likeness (QED) is 0.894. The van der Waals surface area contributed by atoms with E-state index in [1.54, 1.807) is 17.5 Å². The van der Waals surface area contributed by atoms with Gasteiger partial charge in [-0.15, -0.1) is 11.3 Å². The van der Waals surface area contributed by atoms with Gasteiger partial charge in [0.1, 0.15) is 5.82 Å². The van der Waals surface area contributed by atoms with E-state index in [1.807, 2.05) is 0 Å². The molecule has 3 heterocycles. The lowest BCUT2D eigenvalue weighted by Crippen LogP contribution is -2.35. The Morgan fingerprint density at radius 2 is 2.29 bits per heavy atom. The lowest BCUT2D eigenvalue weighted by Gasteiger charge is -2.32. The summed E-state index contributed by atoms with van der Waals surface area (Å²) in [6.45, 7) is 0. The second kappa shape index (κ2) is 4.76. The van der Waals surface area contributed by atoms with Crippen molar-refractivity contribution in [2.75, 3.05) is 5.32 Å². The van der Waals surface area contributed by atoms with Gasteiger partial charge < -0.3 is 11.1 Å². The third-order valence-electron chi connectivity index (χ3n) is 3.33. The molecule has 2 aromatic heterocycles. The first kappa shape index (κ1) is 13.9. The lowest BCUT2D eigenvalue weighted by atomic mass is 10.0. The van der Waals surface area contributed by atoms with Gasteiger partial charge in [0.25, 0.3) is 5.91 Å². The van der Waals surface area contributed by atoms with Crippen molar-refractivity contribution in [1.29, 1.82) is 0 Å². The van der Waals surface area contributed by atoms with Crippen molar-refractivity contribution < 1.29 is 18.0 Å². The molecule has 1 aliphatic rings. The van der Waals surface area contributed by atoms with Crippen LogP contribution in [-0.4, -0.2) is 21.9 Å². The van der Waals surface area contributed by atoms with Crippen LogP contribution in [0.4, 0.5) is 19.0 Å². The standard InChI is InChI=1S/C12H11F3N4OS/c13-12(14,15)9-4-6(8-2-1-3-21-8)17-10-5-7(11(16)20)18-19(9)10/h1-3,5-6,9,17H,4H2,(H2,16,20). The number of primary amides is 1. The molecular formula is C12H11F3N4OS. The van der Waals surface area contributed by atoms with Crippen molar-refractivity contribution in [2.45, 2.75) is 24.7 Å². The molecule has 1 aliphatic heterocycles. The molecule has 0 saturated carbocycles. The summed E-state index contributed by atoms with van der Waals surface area (Å²) in [7, 11) is 0. The van der Waals surface area contributed by atoms with Crippen molar-refractivity contribution in [3.05, 3.63) is 34.2 Å². The van der Waals surface area contributed by atoms with Gasteiger partial charge in [0, 0.05) is 17.4 Å². The summed E-state index contributed by atoms with van der Waals surface area (Å²) < 4.78 is 40.5. The summed E-state index contributed by atoms with van der Waals surface area (Å²) in [6.07, 6.45) is -4.63. The van der Waals surface area contributed by atoms with Crippen LogP contribution in [0.3, 0.4) is 0 Å². The zero-order valence-corrected chi connectivity index (χ0v) is 11.4. The first-order valence-corrected chi connectivity index (χ1v) is 7.00. The molecule has 3 N–H and O–H groups in total. The molecule has 5 nitrogen and oxygen atoms in total. The number of nitrogens with zero attached hydrogens (tertiary/aromatic N) is 2. The normalized spacial score (nSPS) is 21.7. The van der Waals surface area contributed by atoms with E-state index >= 15 is 0 Å². The van der Waals surface area contributed by atoms with Gasteiger partial charge in [0.15, 0.2) is 11.7 Å². The summed E-state index contributed by atoms with van der Waals surface area (Å²) in [5.41, 5.74) is 4.91. The number of aromatic nitrogens is 2. The Bertz CT molecular complexity index is 665. The Kier molecular flexibility index (Phi) is 3.16. The first-order chi connectivity index (χ1) is 9.86. The van der Waals surface area contributed by atoms with E-state index in [2.05, 4.69) is 10.4 Å². The largest absolute Gasteiger partial charge is 0.410 e. The molecule has 3 rings (SSSR count). The molecule has 0 bridgehead atoms. The van der Waals surface area contributed by atoms with Crippen LogP contribution >= 0.6 is 11.3 Å². The molecular weight excluding hydrogens is 305 g/mol. The van der Waals surface area contributed by atoms with E-state index in [9.17, 15) is 18.0 Å². The highest BCUT2D eigenvalue weighted by atomic mass is 32.1. The number of fused-ring (bicyclic) bond motifs is 1. The van der Waals surface area contributed by atoms with Crippen LogP contribution < -0.4 is 11.1 Å². The fourth-order valence-corrected chi connectivity index (χ4v) is 3.16. The van der Waals surface area contributed by atoms with Gasteiger partial charge >= 0.3 is 6.18 Å². The smallest absolute Gasteiger partial charge is 0.364 e. The van der Waals surface area contributed by atoms with Crippen molar-refractivity contribution in [3.63, 3.8) is 0 Å². The van der Waals surface area contributed by atoms with Gasteiger partial charge in [-0.25, -0.2) is 4.68 Å². The Morgan fingerprint density at radius 1 is 1.52 bits per heavy atom. The summed E-state index contributed by atoms with van der Waals surface area (Å²) in [6, 6.07) is 2.55. The van der Waals surface area contributed by atoms with E-state index in [1.165, 1.54) is 17.4 Å². The average molecular weight is 316 g/mol. The van der Waals surface area contributed by atoms with Crippen molar-refractivity contribution in [1.82, 2.24) is 9.78 Å². The Labute approximate surface area is 121 Å². The number of nitrogens with two attached hydrogens (primary N) is 1. The number of alkyl halides is 3. The maximum absolute atomic E-state index is 13.2. The van der Waals surface area contributed by atoms with Gasteiger partial charge in [-0.05, 0) is 11.4 Å². The number of carbonyl (C=O) groups is 1. The minimum Gasteiger partial charge on any atom is -0.364 e. The summed E-state index contributed by atoms with van der Waals surface area (Å²) in [4.78, 5) is 11.9. The van der Waals surface area contributed by atoms with E-state index in [4.69, 9.17) is 5.73 Å². The van der Waals surface area contributed by atoms with Gasteiger partial charge in [-0.3, -0.25) is 4.79 Å². The highest BCUT2D eigenvalue weighted by molar-refractivity contribution is 7.10. The molecule has 2 atom stereocenters. The van der Waals surface area contributed by atoms with Crippen molar-refractivity contribution in [3.8, 4) is 0 Å². The van der Waals surface area contributed by atoms with Crippen LogP contribution in [-0.2, 0) is 0 Å². The molecule has 21 heavy (non-hydrogen) atoms. The third kappa shape index (κ3) is 2.48. The van der Waals surface area contributed by atoms with Gasteiger partial charge in [0.2, 0.25) is 0 Å². The number of nitrogens with one attached hydrogen (secondary N) is 1. The van der Waals surface area contributed by atoms with E-state index < -0.39 is 24.2 Å². The number of rotatable bonds is 2. The Morgan fingerprint density at radius 3 is 2.86 bits per heavy atom. The van der Waals surface area contributed by atoms with Crippen LogP contribution in [0, 0.1) is 0 Å². The molecule has 0 saturated heterocycles. The summed E-state index contributed by atoms with van der Waals surface area (Å²) >= 11 is 1.38. The monoisotopic (exact) mass is 316 g/mol. The van der Waals surface area contributed by atoms with Crippen LogP contribution in [0.25, 0.3) is 0 Å². The molecule has 0 spiro atoms. The molecule has 0 fully saturated rings. The third-order valence-corrected chi connectivity index (χ3v) is 4.31. The average Bonchev–Trinajstić information content (AvgIpc) is 3.05. The first-order valence-electron chi connectivity index (χ1n) is 6.12. The molecule has 0 aromatic carbocycles. The number of halogens is 3. The SMILES string of the molecule is NC(=O)c1cc2n(n1)C(C(F)(F)F)CC(c1cccs1)N2. The number of anilines is 1. The zero-order valence-electron chi connectivity index (χ0n) is 10.6. The number of hydrogen-bond acceptors (Lipinski definition) is 4. The topological polar surface area (TPSA) is 72.9 Å². The molecule has 2 aromatic rings. The van der Waals surface area contributed by atoms with Crippen molar-refractivity contribution >= 4 is 23.1 Å². The second-order valence-corrected chi connectivity index (χ2v) is 5.71. The molecule has 9 heteroatoms. The maximum atomic E-state index is 13.2. The second-order valence-electron chi connectivity index (χ2n) is 4.73. The van der Waals surface area contributed by atoms with Gasteiger partial charge in [-0.2, -0.15) is 18.3 Å². The van der Waals surface area contributed by atoms with E-state index in [0.717, 1.165) is 9.56 Å². The Balaban J connectivity index is 2.03. The zero-order chi connectivity index (χ0) is 15.2. The predicted molar refractivity (Wildman–Crippen MR) is 71.1 cm³/mol. The fourth-order valence-electron chi connectivity index (χ4n) is 2.37.